The SMILES string of the molecule is CNC(Cc1cc(Br)ccc1F)c1cccc(C)c1. The van der Waals surface area contributed by atoms with Crippen LogP contribution in [-0.2, 0) is 6.42 Å². The Morgan fingerprint density at radius 2 is 2.00 bits per heavy atom. The van der Waals surface area contributed by atoms with Gasteiger partial charge in [0, 0.05) is 10.5 Å². The maximum Gasteiger partial charge on any atom is 0.126 e. The van der Waals surface area contributed by atoms with Crippen LogP contribution in [0.4, 0.5) is 4.39 Å². The van der Waals surface area contributed by atoms with Crippen molar-refractivity contribution in [3.05, 3.63) is 69.4 Å². The summed E-state index contributed by atoms with van der Waals surface area (Å²) in [5.74, 6) is -0.156. The van der Waals surface area contributed by atoms with Crippen molar-refractivity contribution in [3.8, 4) is 0 Å². The minimum Gasteiger partial charge on any atom is -0.313 e. The summed E-state index contributed by atoms with van der Waals surface area (Å²) >= 11 is 3.39. The number of halogens is 2. The Labute approximate surface area is 122 Å². The van der Waals surface area contributed by atoms with Crippen molar-refractivity contribution < 1.29 is 4.39 Å². The van der Waals surface area contributed by atoms with Gasteiger partial charge in [-0.1, -0.05) is 45.8 Å². The molecule has 2 aromatic rings. The fraction of sp³-hybridized carbons (Fsp3) is 0.250. The summed E-state index contributed by atoms with van der Waals surface area (Å²) in [7, 11) is 1.91. The minimum absolute atomic E-state index is 0.115. The van der Waals surface area contributed by atoms with E-state index in [4.69, 9.17) is 0 Å². The normalized spacial score (nSPS) is 12.4. The van der Waals surface area contributed by atoms with Crippen LogP contribution in [0.2, 0.25) is 0 Å². The van der Waals surface area contributed by atoms with Crippen LogP contribution < -0.4 is 5.32 Å². The molecule has 2 rings (SSSR count). The number of nitrogens with one attached hydrogen (secondary N) is 1. The first kappa shape index (κ1) is 14.2. The second-order valence-corrected chi connectivity index (χ2v) is 5.61. The first-order valence-corrected chi connectivity index (χ1v) is 7.07. The van der Waals surface area contributed by atoms with E-state index in [-0.39, 0.29) is 11.9 Å². The highest BCUT2D eigenvalue weighted by atomic mass is 79.9. The van der Waals surface area contributed by atoms with Crippen molar-refractivity contribution in [2.24, 2.45) is 0 Å². The van der Waals surface area contributed by atoms with Crippen molar-refractivity contribution in [1.82, 2.24) is 5.32 Å². The van der Waals surface area contributed by atoms with Crippen molar-refractivity contribution in [2.45, 2.75) is 19.4 Å². The van der Waals surface area contributed by atoms with Crippen molar-refractivity contribution in [2.75, 3.05) is 7.05 Å². The molecule has 0 aromatic heterocycles. The van der Waals surface area contributed by atoms with Crippen LogP contribution in [0.3, 0.4) is 0 Å². The first-order chi connectivity index (χ1) is 9.10. The van der Waals surface area contributed by atoms with E-state index in [2.05, 4.69) is 46.4 Å². The van der Waals surface area contributed by atoms with Gasteiger partial charge >= 0.3 is 0 Å². The molecule has 0 saturated carbocycles. The highest BCUT2D eigenvalue weighted by Crippen LogP contribution is 2.23. The minimum atomic E-state index is -0.156. The summed E-state index contributed by atoms with van der Waals surface area (Å²) in [5, 5.41) is 3.26. The van der Waals surface area contributed by atoms with Crippen molar-refractivity contribution in [3.63, 3.8) is 0 Å². The summed E-state index contributed by atoms with van der Waals surface area (Å²) < 4.78 is 14.7. The highest BCUT2D eigenvalue weighted by Gasteiger charge is 2.13. The van der Waals surface area contributed by atoms with Crippen LogP contribution in [0.5, 0.6) is 0 Å². The fourth-order valence-electron chi connectivity index (χ4n) is 2.19. The summed E-state index contributed by atoms with van der Waals surface area (Å²) in [5.41, 5.74) is 3.12. The lowest BCUT2D eigenvalue weighted by molar-refractivity contribution is 0.554. The molecule has 0 heterocycles. The van der Waals surface area contributed by atoms with Crippen molar-refractivity contribution >= 4 is 15.9 Å². The molecule has 0 amide bonds. The van der Waals surface area contributed by atoms with Gasteiger partial charge in [-0.15, -0.1) is 0 Å². The number of aryl methyl sites for hydroxylation is 1. The van der Waals surface area contributed by atoms with Gasteiger partial charge in [-0.25, -0.2) is 4.39 Å². The van der Waals surface area contributed by atoms with E-state index in [0.29, 0.717) is 6.42 Å². The highest BCUT2D eigenvalue weighted by molar-refractivity contribution is 9.10. The number of hydrogen-bond donors (Lipinski definition) is 1. The van der Waals surface area contributed by atoms with Crippen LogP contribution in [-0.4, -0.2) is 7.05 Å². The molecule has 0 aliphatic carbocycles. The van der Waals surface area contributed by atoms with E-state index >= 15 is 0 Å². The Bertz CT molecular complexity index is 568. The third-order valence-corrected chi connectivity index (χ3v) is 3.72. The zero-order valence-corrected chi connectivity index (χ0v) is 12.7. The van der Waals surface area contributed by atoms with Crippen LogP contribution in [0.25, 0.3) is 0 Å². The van der Waals surface area contributed by atoms with Gasteiger partial charge in [0.25, 0.3) is 0 Å². The Morgan fingerprint density at radius 1 is 1.21 bits per heavy atom. The molecular weight excluding hydrogens is 305 g/mol. The lowest BCUT2D eigenvalue weighted by atomic mass is 9.97. The fourth-order valence-corrected chi connectivity index (χ4v) is 2.60. The van der Waals surface area contributed by atoms with E-state index in [1.807, 2.05) is 19.2 Å². The van der Waals surface area contributed by atoms with Crippen LogP contribution in [0, 0.1) is 12.7 Å². The molecular formula is C16H17BrFN. The average Bonchev–Trinajstić information content (AvgIpc) is 2.39. The molecule has 0 spiro atoms. The van der Waals surface area contributed by atoms with E-state index in [9.17, 15) is 4.39 Å². The largest absolute Gasteiger partial charge is 0.313 e. The van der Waals surface area contributed by atoms with Gasteiger partial charge in [0.1, 0.15) is 5.82 Å². The number of rotatable bonds is 4. The number of likely N-dealkylation sites (N-methyl/N-ethyl adjacent to an activating group) is 1. The molecule has 1 N–H and O–H groups in total. The molecule has 0 aliphatic heterocycles. The van der Waals surface area contributed by atoms with Gasteiger partial charge in [0.2, 0.25) is 0 Å². The van der Waals surface area contributed by atoms with Crippen molar-refractivity contribution in [1.29, 1.82) is 0 Å². The van der Waals surface area contributed by atoms with Gasteiger partial charge in [-0.05, 0) is 49.7 Å². The molecule has 1 unspecified atom stereocenters. The van der Waals surface area contributed by atoms with Crippen LogP contribution in [0.1, 0.15) is 22.7 Å². The summed E-state index contributed by atoms with van der Waals surface area (Å²) in [4.78, 5) is 0. The van der Waals surface area contributed by atoms with E-state index < -0.39 is 0 Å². The third-order valence-electron chi connectivity index (χ3n) is 3.22. The van der Waals surface area contributed by atoms with Gasteiger partial charge in [0.15, 0.2) is 0 Å². The molecule has 1 nitrogen and oxygen atoms in total. The topological polar surface area (TPSA) is 12.0 Å². The van der Waals surface area contributed by atoms with Crippen LogP contribution in [0.15, 0.2) is 46.9 Å². The number of hydrogen-bond acceptors (Lipinski definition) is 1. The first-order valence-electron chi connectivity index (χ1n) is 6.28. The summed E-state index contributed by atoms with van der Waals surface area (Å²) in [6, 6.07) is 13.5. The molecule has 2 aromatic carbocycles. The lowest BCUT2D eigenvalue weighted by Gasteiger charge is -2.18. The predicted molar refractivity (Wildman–Crippen MR) is 80.8 cm³/mol. The van der Waals surface area contributed by atoms with Gasteiger partial charge < -0.3 is 5.32 Å². The quantitative estimate of drug-likeness (QED) is 0.880. The van der Waals surface area contributed by atoms with Gasteiger partial charge in [-0.2, -0.15) is 0 Å². The van der Waals surface area contributed by atoms with Gasteiger partial charge in [-0.3, -0.25) is 0 Å². The maximum absolute atomic E-state index is 13.8. The Kier molecular flexibility index (Phi) is 4.72. The smallest absolute Gasteiger partial charge is 0.126 e. The Morgan fingerprint density at radius 3 is 2.68 bits per heavy atom. The third kappa shape index (κ3) is 3.64. The molecule has 0 aliphatic rings. The Hall–Kier alpha value is -1.19. The predicted octanol–water partition coefficient (Wildman–Crippen LogP) is 4.40. The van der Waals surface area contributed by atoms with E-state index in [1.54, 1.807) is 6.07 Å². The van der Waals surface area contributed by atoms with Gasteiger partial charge in [0.05, 0.1) is 0 Å². The molecule has 0 bridgehead atoms. The van der Waals surface area contributed by atoms with E-state index in [0.717, 1.165) is 10.0 Å². The zero-order valence-electron chi connectivity index (χ0n) is 11.1. The monoisotopic (exact) mass is 321 g/mol. The molecule has 1 atom stereocenters. The summed E-state index contributed by atoms with van der Waals surface area (Å²) in [6.07, 6.45) is 0.630. The second-order valence-electron chi connectivity index (χ2n) is 4.70. The molecule has 0 radical (unpaired) electrons. The zero-order chi connectivity index (χ0) is 13.8. The van der Waals surface area contributed by atoms with E-state index in [1.165, 1.54) is 17.2 Å². The maximum atomic E-state index is 13.8. The average molecular weight is 322 g/mol. The molecule has 19 heavy (non-hydrogen) atoms. The number of benzene rings is 2. The molecule has 0 saturated heterocycles. The Balaban J connectivity index is 2.26. The molecule has 0 fully saturated rings. The standard InChI is InChI=1S/C16H17BrFN/c1-11-4-3-5-12(8-11)16(19-2)10-13-9-14(17)6-7-15(13)18/h3-9,16,19H,10H2,1-2H3. The summed E-state index contributed by atoms with van der Waals surface area (Å²) in [6.45, 7) is 2.07. The van der Waals surface area contributed by atoms with Crippen LogP contribution >= 0.6 is 15.9 Å². The molecule has 3 heteroatoms. The second kappa shape index (κ2) is 6.31. The molecule has 100 valence electrons. The lowest BCUT2D eigenvalue weighted by Crippen LogP contribution is -2.19.